The summed E-state index contributed by atoms with van der Waals surface area (Å²) in [6.45, 7) is 6.24. The zero-order chi connectivity index (χ0) is 12.7. The molecule has 1 heterocycles. The highest BCUT2D eigenvalue weighted by molar-refractivity contribution is 5.50. The van der Waals surface area contributed by atoms with Crippen molar-refractivity contribution in [1.29, 1.82) is 0 Å². The Bertz CT molecular complexity index is 539. The highest BCUT2D eigenvalue weighted by Crippen LogP contribution is 2.47. The predicted molar refractivity (Wildman–Crippen MR) is 69.5 cm³/mol. The third-order valence-corrected chi connectivity index (χ3v) is 4.09. The Morgan fingerprint density at radius 3 is 2.72 bits per heavy atom. The predicted octanol–water partition coefficient (Wildman–Crippen LogP) is 2.53. The van der Waals surface area contributed by atoms with Gasteiger partial charge in [-0.05, 0) is 38.5 Å². The van der Waals surface area contributed by atoms with Crippen LogP contribution in [-0.2, 0) is 4.74 Å². The Morgan fingerprint density at radius 1 is 1.39 bits per heavy atom. The molecule has 0 unspecified atom stereocenters. The molecule has 0 saturated heterocycles. The molecule has 3 aliphatic rings. The van der Waals surface area contributed by atoms with Crippen molar-refractivity contribution < 1.29 is 4.74 Å². The van der Waals surface area contributed by atoms with Crippen LogP contribution in [0.1, 0.15) is 61.5 Å². The van der Waals surface area contributed by atoms with Crippen molar-refractivity contribution >= 4 is 5.76 Å². The highest BCUT2D eigenvalue weighted by Gasteiger charge is 2.36. The van der Waals surface area contributed by atoms with Crippen LogP contribution in [-0.4, -0.2) is 16.6 Å². The monoisotopic (exact) mass is 246 g/mol. The molecule has 4 nitrogen and oxygen atoms in total. The van der Waals surface area contributed by atoms with Gasteiger partial charge in [-0.3, -0.25) is 4.79 Å². The van der Waals surface area contributed by atoms with Crippen LogP contribution in [0.5, 0.6) is 0 Å². The molecule has 2 bridgehead atoms. The Balaban J connectivity index is 2.08. The number of hydrogen-bond donors (Lipinski definition) is 1. The first-order valence-electron chi connectivity index (χ1n) is 6.67. The van der Waals surface area contributed by atoms with E-state index in [2.05, 4.69) is 16.5 Å². The number of nitrogens with one attached hydrogen (secondary N) is 1. The fourth-order valence-corrected chi connectivity index (χ4v) is 3.24. The maximum absolute atomic E-state index is 12.2. The van der Waals surface area contributed by atoms with Crippen molar-refractivity contribution in [1.82, 2.24) is 9.97 Å². The molecule has 0 aliphatic heterocycles. The first-order valence-corrected chi connectivity index (χ1v) is 6.67. The molecule has 1 fully saturated rings. The van der Waals surface area contributed by atoms with E-state index in [9.17, 15) is 4.79 Å². The number of aromatic nitrogens is 2. The average molecular weight is 246 g/mol. The number of rotatable bonds is 3. The number of aromatic amines is 1. The Morgan fingerprint density at radius 2 is 2.06 bits per heavy atom. The van der Waals surface area contributed by atoms with Gasteiger partial charge in [0.2, 0.25) is 0 Å². The number of fused-ring (bicyclic) bond motifs is 2. The van der Waals surface area contributed by atoms with Crippen LogP contribution >= 0.6 is 0 Å². The van der Waals surface area contributed by atoms with Gasteiger partial charge >= 0.3 is 0 Å². The van der Waals surface area contributed by atoms with Crippen LogP contribution in [0.3, 0.4) is 0 Å². The summed E-state index contributed by atoms with van der Waals surface area (Å²) in [5.41, 5.74) is 1.92. The Hall–Kier alpha value is -1.58. The average Bonchev–Trinajstić information content (AvgIpc) is 2.40. The zero-order valence-corrected chi connectivity index (χ0v) is 10.7. The standard InChI is InChI=1S/C14H18N2O2/c1-3-18-8(2)13-15-12-10-6-4-9(5-7-10)11(12)14(17)16-13/h9-10H,2-7H2,1H3,(H,15,16,17). The minimum absolute atomic E-state index is 0.00486. The molecule has 1 aromatic rings. The number of nitrogens with zero attached hydrogens (tertiary/aromatic N) is 1. The molecule has 4 heteroatoms. The van der Waals surface area contributed by atoms with Gasteiger partial charge in [-0.25, -0.2) is 4.98 Å². The van der Waals surface area contributed by atoms with E-state index >= 15 is 0 Å². The quantitative estimate of drug-likeness (QED) is 0.834. The van der Waals surface area contributed by atoms with Crippen molar-refractivity contribution in [3.63, 3.8) is 0 Å². The number of ether oxygens (including phenoxy) is 1. The smallest absolute Gasteiger partial charge is 0.254 e. The van der Waals surface area contributed by atoms with Crippen LogP contribution < -0.4 is 5.56 Å². The van der Waals surface area contributed by atoms with Gasteiger partial charge in [-0.1, -0.05) is 6.58 Å². The third kappa shape index (κ3) is 1.67. The summed E-state index contributed by atoms with van der Waals surface area (Å²) >= 11 is 0. The molecule has 96 valence electrons. The van der Waals surface area contributed by atoms with Gasteiger partial charge in [0, 0.05) is 11.5 Å². The minimum atomic E-state index is 0.00486. The van der Waals surface area contributed by atoms with E-state index in [1.54, 1.807) is 0 Å². The third-order valence-electron chi connectivity index (χ3n) is 4.09. The summed E-state index contributed by atoms with van der Waals surface area (Å²) in [5.74, 6) is 1.82. The summed E-state index contributed by atoms with van der Waals surface area (Å²) in [4.78, 5) is 19.6. The molecule has 0 spiro atoms. The first kappa shape index (κ1) is 11.5. The van der Waals surface area contributed by atoms with Gasteiger partial charge in [0.1, 0.15) is 0 Å². The van der Waals surface area contributed by atoms with Crippen LogP contribution in [0.15, 0.2) is 11.4 Å². The summed E-state index contributed by atoms with van der Waals surface area (Å²) in [6.07, 6.45) is 4.59. The molecule has 1 saturated carbocycles. The van der Waals surface area contributed by atoms with Crippen molar-refractivity contribution in [2.45, 2.75) is 44.4 Å². The van der Waals surface area contributed by atoms with Crippen molar-refractivity contribution in [2.75, 3.05) is 6.61 Å². The lowest BCUT2D eigenvalue weighted by Gasteiger charge is -2.36. The van der Waals surface area contributed by atoms with E-state index in [4.69, 9.17) is 4.74 Å². The van der Waals surface area contributed by atoms with Crippen molar-refractivity contribution in [2.24, 2.45) is 0 Å². The number of hydrogen-bond acceptors (Lipinski definition) is 3. The van der Waals surface area contributed by atoms with Gasteiger partial charge in [0.15, 0.2) is 11.6 Å². The maximum atomic E-state index is 12.2. The highest BCUT2D eigenvalue weighted by atomic mass is 16.5. The van der Waals surface area contributed by atoms with Crippen molar-refractivity contribution in [3.8, 4) is 0 Å². The number of H-pyrrole nitrogens is 1. The van der Waals surface area contributed by atoms with Gasteiger partial charge in [-0.15, -0.1) is 0 Å². The van der Waals surface area contributed by atoms with Crippen LogP contribution in [0, 0.1) is 0 Å². The zero-order valence-electron chi connectivity index (χ0n) is 10.7. The SMILES string of the molecule is C=C(OCC)c1nc2c(c(=O)[nH]1)C1CCC2CC1. The summed E-state index contributed by atoms with van der Waals surface area (Å²) in [5, 5.41) is 0. The normalized spacial score (nSPS) is 24.7. The van der Waals surface area contributed by atoms with E-state index in [1.165, 1.54) is 0 Å². The second-order valence-corrected chi connectivity index (χ2v) is 5.12. The lowest BCUT2D eigenvalue weighted by Crippen LogP contribution is -2.32. The molecule has 0 amide bonds. The van der Waals surface area contributed by atoms with Gasteiger partial charge in [-0.2, -0.15) is 0 Å². The molecule has 0 atom stereocenters. The molecule has 0 aromatic carbocycles. The summed E-state index contributed by atoms with van der Waals surface area (Å²) in [6, 6.07) is 0. The summed E-state index contributed by atoms with van der Waals surface area (Å²) in [7, 11) is 0. The Labute approximate surface area is 106 Å². The van der Waals surface area contributed by atoms with Crippen LogP contribution in [0.2, 0.25) is 0 Å². The molecule has 3 aliphatic carbocycles. The molecular formula is C14H18N2O2. The fourth-order valence-electron chi connectivity index (χ4n) is 3.24. The lowest BCUT2D eigenvalue weighted by molar-refractivity contribution is 0.294. The molecule has 1 N–H and O–H groups in total. The van der Waals surface area contributed by atoms with Crippen LogP contribution in [0.4, 0.5) is 0 Å². The molecular weight excluding hydrogens is 228 g/mol. The first-order chi connectivity index (χ1) is 8.70. The van der Waals surface area contributed by atoms with Gasteiger partial charge in [0.05, 0.1) is 12.3 Å². The molecule has 18 heavy (non-hydrogen) atoms. The largest absolute Gasteiger partial charge is 0.491 e. The van der Waals surface area contributed by atoms with E-state index in [1.807, 2.05) is 6.92 Å². The molecule has 1 aromatic heterocycles. The van der Waals surface area contributed by atoms with E-state index in [-0.39, 0.29) is 5.56 Å². The van der Waals surface area contributed by atoms with Crippen LogP contribution in [0.25, 0.3) is 5.76 Å². The van der Waals surface area contributed by atoms with E-state index < -0.39 is 0 Å². The van der Waals surface area contributed by atoms with Gasteiger partial charge in [0.25, 0.3) is 5.56 Å². The fraction of sp³-hybridized carbons (Fsp3) is 0.571. The molecule has 0 radical (unpaired) electrons. The Kier molecular flexibility index (Phi) is 2.73. The van der Waals surface area contributed by atoms with Gasteiger partial charge < -0.3 is 9.72 Å². The van der Waals surface area contributed by atoms with E-state index in [0.29, 0.717) is 30.0 Å². The topological polar surface area (TPSA) is 55.0 Å². The summed E-state index contributed by atoms with van der Waals surface area (Å²) < 4.78 is 5.33. The second kappa shape index (κ2) is 4.26. The van der Waals surface area contributed by atoms with E-state index in [0.717, 1.165) is 36.9 Å². The lowest BCUT2D eigenvalue weighted by atomic mass is 9.69. The maximum Gasteiger partial charge on any atom is 0.254 e. The molecule has 4 rings (SSSR count). The second-order valence-electron chi connectivity index (χ2n) is 5.12. The minimum Gasteiger partial charge on any atom is -0.491 e. The van der Waals surface area contributed by atoms with Crippen molar-refractivity contribution in [3.05, 3.63) is 34.0 Å².